The van der Waals surface area contributed by atoms with Crippen LogP contribution in [0.3, 0.4) is 0 Å². The van der Waals surface area contributed by atoms with Crippen LogP contribution in [0.1, 0.15) is 37.2 Å². The highest BCUT2D eigenvalue weighted by Gasteiger charge is 2.37. The van der Waals surface area contributed by atoms with E-state index >= 15 is 0 Å². The van der Waals surface area contributed by atoms with Gasteiger partial charge in [-0.3, -0.25) is 5.01 Å². The Balaban J connectivity index is 1.45. The van der Waals surface area contributed by atoms with E-state index in [2.05, 4.69) is 34.2 Å². The largest absolute Gasteiger partial charge is 0.341 e. The maximum atomic E-state index is 6.18. The first kappa shape index (κ1) is 18.4. The molecule has 0 amide bonds. The molecule has 1 aromatic heterocycles. The second-order valence-corrected chi connectivity index (χ2v) is 9.32. The minimum absolute atomic E-state index is 0.209. The van der Waals surface area contributed by atoms with Gasteiger partial charge in [0.2, 0.25) is 0 Å². The molecule has 0 bridgehead atoms. The Morgan fingerprint density at radius 1 is 1.18 bits per heavy atom. The SMILES string of the molecule is CC1SC(c2cccc(Cl)c2)=[C]N1N1CCCC1c1nc2cc(Cl)ccc2[nH]1. The molecule has 2 atom stereocenters. The number of halogens is 2. The summed E-state index contributed by atoms with van der Waals surface area (Å²) in [5.41, 5.74) is 3.05. The van der Waals surface area contributed by atoms with Crippen molar-refractivity contribution in [3.8, 4) is 0 Å². The van der Waals surface area contributed by atoms with Crippen LogP contribution in [0.5, 0.6) is 0 Å². The predicted octanol–water partition coefficient (Wildman–Crippen LogP) is 6.12. The third-order valence-electron chi connectivity index (χ3n) is 5.22. The van der Waals surface area contributed by atoms with E-state index in [1.807, 2.05) is 48.2 Å². The molecule has 3 aromatic rings. The van der Waals surface area contributed by atoms with Crippen LogP contribution in [0.15, 0.2) is 42.5 Å². The van der Waals surface area contributed by atoms with Gasteiger partial charge >= 0.3 is 0 Å². The number of hydrazine groups is 1. The van der Waals surface area contributed by atoms with Crippen molar-refractivity contribution < 1.29 is 0 Å². The first-order valence-corrected chi connectivity index (χ1v) is 11.0. The summed E-state index contributed by atoms with van der Waals surface area (Å²) < 4.78 is 0. The summed E-state index contributed by atoms with van der Waals surface area (Å²) in [6.07, 6.45) is 5.78. The van der Waals surface area contributed by atoms with Crippen molar-refractivity contribution in [1.82, 2.24) is 20.0 Å². The van der Waals surface area contributed by atoms with Crippen LogP contribution in [0.4, 0.5) is 0 Å². The Morgan fingerprint density at radius 3 is 2.89 bits per heavy atom. The van der Waals surface area contributed by atoms with E-state index in [1.165, 1.54) is 0 Å². The number of benzene rings is 2. The number of aromatic nitrogens is 2. The number of hydrogen-bond donors (Lipinski definition) is 1. The summed E-state index contributed by atoms with van der Waals surface area (Å²) in [4.78, 5) is 9.43. The molecule has 2 aliphatic heterocycles. The molecule has 3 heterocycles. The van der Waals surface area contributed by atoms with Gasteiger partial charge < -0.3 is 4.98 Å². The van der Waals surface area contributed by atoms with E-state index in [9.17, 15) is 0 Å². The summed E-state index contributed by atoms with van der Waals surface area (Å²) in [5.74, 6) is 0.991. The van der Waals surface area contributed by atoms with Crippen LogP contribution in [-0.4, -0.2) is 31.9 Å². The molecule has 0 spiro atoms. The van der Waals surface area contributed by atoms with E-state index in [4.69, 9.17) is 28.2 Å². The van der Waals surface area contributed by atoms with Gasteiger partial charge in [-0.25, -0.2) is 9.99 Å². The Hall–Kier alpha value is -1.66. The van der Waals surface area contributed by atoms with E-state index in [1.54, 1.807) is 0 Å². The monoisotopic (exact) mass is 429 g/mol. The lowest BCUT2D eigenvalue weighted by atomic mass is 10.2. The maximum Gasteiger partial charge on any atom is 0.126 e. The normalized spacial score (nSPS) is 23.0. The van der Waals surface area contributed by atoms with Gasteiger partial charge in [-0.1, -0.05) is 47.1 Å². The maximum absolute atomic E-state index is 6.18. The Bertz CT molecular complexity index is 1060. The molecule has 5 rings (SSSR count). The van der Waals surface area contributed by atoms with E-state index in [-0.39, 0.29) is 11.4 Å². The highest BCUT2D eigenvalue weighted by atomic mass is 35.5. The molecule has 1 saturated heterocycles. The Kier molecular flexibility index (Phi) is 4.79. The minimum Gasteiger partial charge on any atom is -0.341 e. The van der Waals surface area contributed by atoms with Crippen LogP contribution in [0.2, 0.25) is 10.0 Å². The molecule has 0 aliphatic carbocycles. The zero-order valence-corrected chi connectivity index (χ0v) is 17.7. The number of aromatic amines is 1. The summed E-state index contributed by atoms with van der Waals surface area (Å²) in [6, 6.07) is 14.0. The lowest BCUT2D eigenvalue weighted by Gasteiger charge is -2.34. The molecule has 4 nitrogen and oxygen atoms in total. The number of thioether (sulfide) groups is 1. The number of nitrogens with zero attached hydrogens (tertiary/aromatic N) is 3. The number of nitrogens with one attached hydrogen (secondary N) is 1. The third-order valence-corrected chi connectivity index (χ3v) is 6.79. The van der Waals surface area contributed by atoms with Crippen LogP contribution in [-0.2, 0) is 0 Å². The van der Waals surface area contributed by atoms with Crippen molar-refractivity contribution in [3.05, 3.63) is 70.1 Å². The molecule has 1 fully saturated rings. The molecule has 1 radical (unpaired) electrons. The molecular weight excluding hydrogens is 411 g/mol. The van der Waals surface area contributed by atoms with Gasteiger partial charge in [0.05, 0.1) is 28.6 Å². The predicted molar refractivity (Wildman–Crippen MR) is 117 cm³/mol. The fourth-order valence-corrected chi connectivity index (χ4v) is 5.30. The number of hydrogen-bond acceptors (Lipinski definition) is 4. The average molecular weight is 430 g/mol. The van der Waals surface area contributed by atoms with Gasteiger partial charge in [-0.2, -0.15) is 0 Å². The van der Waals surface area contributed by atoms with Crippen molar-refractivity contribution in [1.29, 1.82) is 0 Å². The van der Waals surface area contributed by atoms with Gasteiger partial charge in [0, 0.05) is 21.5 Å². The molecule has 1 N–H and O–H groups in total. The van der Waals surface area contributed by atoms with Crippen molar-refractivity contribution in [2.24, 2.45) is 0 Å². The highest BCUT2D eigenvalue weighted by Crippen LogP contribution is 2.43. The number of imidazole rings is 1. The van der Waals surface area contributed by atoms with Gasteiger partial charge in [0.25, 0.3) is 0 Å². The first-order valence-electron chi connectivity index (χ1n) is 9.35. The molecule has 0 saturated carbocycles. The number of fused-ring (bicyclic) bond motifs is 1. The lowest BCUT2D eigenvalue weighted by Crippen LogP contribution is -2.41. The van der Waals surface area contributed by atoms with Crippen molar-refractivity contribution in [3.63, 3.8) is 0 Å². The fourth-order valence-electron chi connectivity index (χ4n) is 3.92. The second kappa shape index (κ2) is 7.30. The molecule has 2 unspecified atom stereocenters. The minimum atomic E-state index is 0.209. The fraction of sp³-hybridized carbons (Fsp3) is 0.286. The molecular formula is C21H19Cl2N4S. The first-order chi connectivity index (χ1) is 13.6. The van der Waals surface area contributed by atoms with E-state index < -0.39 is 0 Å². The molecule has 2 aliphatic rings. The van der Waals surface area contributed by atoms with Gasteiger partial charge in [-0.05, 0) is 55.7 Å². The summed E-state index contributed by atoms with van der Waals surface area (Å²) in [5, 5.41) is 6.35. The summed E-state index contributed by atoms with van der Waals surface area (Å²) in [7, 11) is 0. The quantitative estimate of drug-likeness (QED) is 0.543. The zero-order valence-electron chi connectivity index (χ0n) is 15.3. The molecule has 28 heavy (non-hydrogen) atoms. The van der Waals surface area contributed by atoms with Gasteiger partial charge in [0.15, 0.2) is 0 Å². The highest BCUT2D eigenvalue weighted by molar-refractivity contribution is 8.09. The van der Waals surface area contributed by atoms with E-state index in [0.29, 0.717) is 5.02 Å². The molecule has 7 heteroatoms. The van der Waals surface area contributed by atoms with Gasteiger partial charge in [-0.15, -0.1) is 0 Å². The third kappa shape index (κ3) is 3.30. The van der Waals surface area contributed by atoms with Crippen molar-refractivity contribution in [2.75, 3.05) is 6.54 Å². The topological polar surface area (TPSA) is 35.2 Å². The van der Waals surface area contributed by atoms with Crippen LogP contribution >= 0.6 is 35.0 Å². The molecule has 2 aromatic carbocycles. The Morgan fingerprint density at radius 2 is 2.04 bits per heavy atom. The lowest BCUT2D eigenvalue weighted by molar-refractivity contribution is -0.00548. The smallest absolute Gasteiger partial charge is 0.126 e. The van der Waals surface area contributed by atoms with Crippen LogP contribution in [0, 0.1) is 6.20 Å². The Labute approximate surface area is 178 Å². The molecule has 143 valence electrons. The van der Waals surface area contributed by atoms with Crippen molar-refractivity contribution in [2.45, 2.75) is 31.2 Å². The van der Waals surface area contributed by atoms with Crippen LogP contribution in [0.25, 0.3) is 15.9 Å². The zero-order chi connectivity index (χ0) is 19.3. The summed E-state index contributed by atoms with van der Waals surface area (Å²) in [6.45, 7) is 3.20. The summed E-state index contributed by atoms with van der Waals surface area (Å²) >= 11 is 14.1. The second-order valence-electron chi connectivity index (χ2n) is 7.12. The number of H-pyrrole nitrogens is 1. The van der Waals surface area contributed by atoms with Gasteiger partial charge in [0.1, 0.15) is 5.82 Å². The van der Waals surface area contributed by atoms with Crippen molar-refractivity contribution >= 4 is 50.9 Å². The standard InChI is InChI=1S/C21H19Cl2N4S/c1-13-27(12-20(28-13)14-4-2-5-15(22)10-14)26-9-3-6-19(26)21-24-17-8-7-16(23)11-18(17)25-21/h2,4-5,7-8,10-11,13,19H,3,6,9H2,1H3,(H,24,25). The number of rotatable bonds is 3. The van der Waals surface area contributed by atoms with E-state index in [0.717, 1.165) is 51.7 Å². The average Bonchev–Trinajstić information content (AvgIpc) is 3.38. The van der Waals surface area contributed by atoms with Crippen LogP contribution < -0.4 is 0 Å².